The first-order valence-electron chi connectivity index (χ1n) is 6.64. The highest BCUT2D eigenvalue weighted by atomic mass is 79.9. The van der Waals surface area contributed by atoms with E-state index < -0.39 is 0 Å². The van der Waals surface area contributed by atoms with Crippen LogP contribution in [0.25, 0.3) is 0 Å². The van der Waals surface area contributed by atoms with E-state index in [-0.39, 0.29) is 31.1 Å². The Labute approximate surface area is 131 Å². The van der Waals surface area contributed by atoms with Crippen molar-refractivity contribution >= 4 is 27.7 Å². The van der Waals surface area contributed by atoms with Gasteiger partial charge in [-0.05, 0) is 18.2 Å². The highest BCUT2D eigenvalue weighted by Gasteiger charge is 2.23. The van der Waals surface area contributed by atoms with Crippen molar-refractivity contribution in [3.05, 3.63) is 34.3 Å². The van der Waals surface area contributed by atoms with E-state index in [0.29, 0.717) is 25.3 Å². The van der Waals surface area contributed by atoms with Gasteiger partial charge in [0.05, 0.1) is 25.9 Å². The van der Waals surface area contributed by atoms with Gasteiger partial charge in [0.25, 0.3) is 5.91 Å². The molecule has 1 atom stereocenters. The maximum Gasteiger partial charge on any atom is 0.251 e. The van der Waals surface area contributed by atoms with E-state index in [2.05, 4.69) is 21.2 Å². The maximum atomic E-state index is 12.0. The molecule has 1 aliphatic rings. The smallest absolute Gasteiger partial charge is 0.251 e. The monoisotopic (exact) mass is 356 g/mol. The largest absolute Gasteiger partial charge is 0.394 e. The molecule has 114 valence electrons. The second-order valence-electron chi connectivity index (χ2n) is 4.71. The lowest BCUT2D eigenvalue weighted by molar-refractivity contribution is -0.139. The number of halogens is 1. The van der Waals surface area contributed by atoms with E-state index in [0.717, 1.165) is 4.47 Å². The zero-order valence-corrected chi connectivity index (χ0v) is 13.0. The van der Waals surface area contributed by atoms with Gasteiger partial charge < -0.3 is 20.1 Å². The Morgan fingerprint density at radius 1 is 1.48 bits per heavy atom. The highest BCUT2D eigenvalue weighted by molar-refractivity contribution is 9.10. The molecular weight excluding hydrogens is 340 g/mol. The van der Waals surface area contributed by atoms with Crippen molar-refractivity contribution < 1.29 is 19.4 Å². The molecule has 2 amide bonds. The van der Waals surface area contributed by atoms with Gasteiger partial charge in [0, 0.05) is 23.1 Å². The second kappa shape index (κ2) is 7.53. The van der Waals surface area contributed by atoms with Crippen LogP contribution < -0.4 is 5.32 Å². The van der Waals surface area contributed by atoms with E-state index in [1.165, 1.54) is 0 Å². The number of hydrogen-bond acceptors (Lipinski definition) is 4. The molecule has 1 unspecified atom stereocenters. The fourth-order valence-electron chi connectivity index (χ4n) is 2.06. The SMILES string of the molecule is O=C(NCC(=O)N1CCOC(CO)C1)c1cccc(Br)c1. The van der Waals surface area contributed by atoms with Gasteiger partial charge in [0.15, 0.2) is 0 Å². The van der Waals surface area contributed by atoms with Crippen LogP contribution in [0.5, 0.6) is 0 Å². The molecule has 1 saturated heterocycles. The van der Waals surface area contributed by atoms with Gasteiger partial charge in [-0.15, -0.1) is 0 Å². The molecule has 7 heteroatoms. The van der Waals surface area contributed by atoms with Crippen molar-refractivity contribution in [1.29, 1.82) is 0 Å². The normalized spacial score (nSPS) is 18.4. The lowest BCUT2D eigenvalue weighted by atomic mass is 10.2. The molecule has 6 nitrogen and oxygen atoms in total. The molecule has 0 spiro atoms. The number of benzene rings is 1. The van der Waals surface area contributed by atoms with Crippen LogP contribution in [0.3, 0.4) is 0 Å². The average Bonchev–Trinajstić information content (AvgIpc) is 2.52. The van der Waals surface area contributed by atoms with Crippen molar-refractivity contribution in [1.82, 2.24) is 10.2 Å². The molecule has 0 saturated carbocycles. The first-order chi connectivity index (χ1) is 10.1. The quantitative estimate of drug-likeness (QED) is 0.818. The van der Waals surface area contributed by atoms with Crippen molar-refractivity contribution in [2.75, 3.05) is 32.8 Å². The summed E-state index contributed by atoms with van der Waals surface area (Å²) in [6.07, 6.45) is -0.344. The molecular formula is C14H17BrN2O4. The van der Waals surface area contributed by atoms with Gasteiger partial charge in [0.1, 0.15) is 0 Å². The molecule has 0 radical (unpaired) electrons. The molecule has 1 aliphatic heterocycles. The molecule has 0 aliphatic carbocycles. The number of aliphatic hydroxyl groups excluding tert-OH is 1. The summed E-state index contributed by atoms with van der Waals surface area (Å²) in [5.74, 6) is -0.475. The number of hydrogen-bond donors (Lipinski definition) is 2. The number of amides is 2. The minimum Gasteiger partial charge on any atom is -0.394 e. The van der Waals surface area contributed by atoms with Crippen LogP contribution in [0.4, 0.5) is 0 Å². The Kier molecular flexibility index (Phi) is 5.72. The third-order valence-electron chi connectivity index (χ3n) is 3.18. The Hall–Kier alpha value is -1.44. The number of ether oxygens (including phenoxy) is 1. The number of nitrogens with zero attached hydrogens (tertiary/aromatic N) is 1. The Morgan fingerprint density at radius 2 is 2.29 bits per heavy atom. The molecule has 21 heavy (non-hydrogen) atoms. The number of carbonyl (C=O) groups excluding carboxylic acids is 2. The fraction of sp³-hybridized carbons (Fsp3) is 0.429. The summed E-state index contributed by atoms with van der Waals surface area (Å²) in [6.45, 7) is 1.04. The van der Waals surface area contributed by atoms with Crippen LogP contribution in [0, 0.1) is 0 Å². The Morgan fingerprint density at radius 3 is 3.00 bits per heavy atom. The molecule has 1 aromatic carbocycles. The molecule has 2 rings (SSSR count). The zero-order valence-electron chi connectivity index (χ0n) is 11.4. The molecule has 1 aromatic rings. The van der Waals surface area contributed by atoms with E-state index in [1.807, 2.05) is 6.07 Å². The summed E-state index contributed by atoms with van der Waals surface area (Å²) in [6, 6.07) is 6.96. The molecule has 0 bridgehead atoms. The third-order valence-corrected chi connectivity index (χ3v) is 3.68. The van der Waals surface area contributed by atoms with Crippen LogP contribution in [0.1, 0.15) is 10.4 Å². The number of carbonyl (C=O) groups is 2. The van der Waals surface area contributed by atoms with E-state index in [9.17, 15) is 9.59 Å². The first-order valence-corrected chi connectivity index (χ1v) is 7.43. The predicted octanol–water partition coefficient (Wildman–Crippen LogP) is 0.399. The summed E-state index contributed by atoms with van der Waals surface area (Å²) in [4.78, 5) is 25.6. The van der Waals surface area contributed by atoms with Crippen LogP contribution in [0.2, 0.25) is 0 Å². The lowest BCUT2D eigenvalue weighted by Gasteiger charge is -2.32. The van der Waals surface area contributed by atoms with Crippen LogP contribution in [-0.4, -0.2) is 60.8 Å². The Bertz CT molecular complexity index is 523. The molecule has 1 fully saturated rings. The first kappa shape index (κ1) is 15.9. The van der Waals surface area contributed by atoms with Crippen molar-refractivity contribution in [2.24, 2.45) is 0 Å². The van der Waals surface area contributed by atoms with E-state index in [4.69, 9.17) is 9.84 Å². The summed E-state index contributed by atoms with van der Waals surface area (Å²) < 4.78 is 6.09. The molecule has 0 aromatic heterocycles. The van der Waals surface area contributed by atoms with E-state index in [1.54, 1.807) is 23.1 Å². The summed E-state index contributed by atoms with van der Waals surface area (Å²) in [7, 11) is 0. The van der Waals surface area contributed by atoms with E-state index >= 15 is 0 Å². The molecule has 2 N–H and O–H groups in total. The minimum absolute atomic E-state index is 0.0660. The zero-order chi connectivity index (χ0) is 15.2. The van der Waals surface area contributed by atoms with Gasteiger partial charge in [-0.2, -0.15) is 0 Å². The number of nitrogens with one attached hydrogen (secondary N) is 1. The van der Waals surface area contributed by atoms with Crippen molar-refractivity contribution in [3.63, 3.8) is 0 Å². The highest BCUT2D eigenvalue weighted by Crippen LogP contribution is 2.11. The number of morpholine rings is 1. The van der Waals surface area contributed by atoms with Crippen molar-refractivity contribution in [2.45, 2.75) is 6.10 Å². The summed E-state index contributed by atoms with van der Waals surface area (Å²) in [5.41, 5.74) is 0.493. The standard InChI is InChI=1S/C14H17BrN2O4/c15-11-3-1-2-10(6-11)14(20)16-7-13(19)17-4-5-21-12(8-17)9-18/h1-3,6,12,18H,4-5,7-9H2,(H,16,20). The van der Waals surface area contributed by atoms with Crippen molar-refractivity contribution in [3.8, 4) is 0 Å². The minimum atomic E-state index is -0.344. The van der Waals surface area contributed by atoms with Gasteiger partial charge in [-0.25, -0.2) is 0 Å². The topological polar surface area (TPSA) is 78.9 Å². The maximum absolute atomic E-state index is 12.0. The summed E-state index contributed by atoms with van der Waals surface area (Å²) in [5, 5.41) is 11.6. The fourth-order valence-corrected chi connectivity index (χ4v) is 2.46. The van der Waals surface area contributed by atoms with Crippen LogP contribution in [-0.2, 0) is 9.53 Å². The Balaban J connectivity index is 1.84. The average molecular weight is 357 g/mol. The van der Waals surface area contributed by atoms with Gasteiger partial charge in [-0.1, -0.05) is 22.0 Å². The van der Waals surface area contributed by atoms with Crippen LogP contribution >= 0.6 is 15.9 Å². The van der Waals surface area contributed by atoms with Gasteiger partial charge >= 0.3 is 0 Å². The lowest BCUT2D eigenvalue weighted by Crippen LogP contribution is -2.49. The van der Waals surface area contributed by atoms with Gasteiger partial charge in [-0.3, -0.25) is 9.59 Å². The second-order valence-corrected chi connectivity index (χ2v) is 5.62. The summed E-state index contributed by atoms with van der Waals surface area (Å²) >= 11 is 3.29. The predicted molar refractivity (Wildman–Crippen MR) is 79.9 cm³/mol. The number of aliphatic hydroxyl groups is 1. The third kappa shape index (κ3) is 4.52. The number of rotatable bonds is 4. The van der Waals surface area contributed by atoms with Gasteiger partial charge in [0.2, 0.25) is 5.91 Å². The van der Waals surface area contributed by atoms with Crippen LogP contribution in [0.15, 0.2) is 28.7 Å². The molecule has 1 heterocycles.